The zero-order valence-electron chi connectivity index (χ0n) is 18.1. The number of rotatable bonds is 5. The summed E-state index contributed by atoms with van der Waals surface area (Å²) < 4.78 is 3.43. The highest BCUT2D eigenvalue weighted by molar-refractivity contribution is 7.99. The van der Waals surface area contributed by atoms with Crippen LogP contribution in [0.4, 0.5) is 5.69 Å². The SMILES string of the molecule is Cc1cccc(NC(=O)CSc2nnc3n(-c4ccccc4C)c(=O)c4ccccc4n23)c1. The zero-order chi connectivity index (χ0) is 22.9. The van der Waals surface area contributed by atoms with Gasteiger partial charge in [-0.3, -0.25) is 14.0 Å². The Bertz CT molecular complexity index is 1570. The molecule has 0 radical (unpaired) electrons. The molecule has 1 amide bonds. The first-order valence-electron chi connectivity index (χ1n) is 10.5. The smallest absolute Gasteiger partial charge is 0.267 e. The van der Waals surface area contributed by atoms with Crippen LogP contribution in [0.15, 0.2) is 82.7 Å². The minimum absolute atomic E-state index is 0.140. The number of thioether (sulfide) groups is 1. The molecule has 5 rings (SSSR count). The van der Waals surface area contributed by atoms with E-state index in [-0.39, 0.29) is 17.2 Å². The highest BCUT2D eigenvalue weighted by Crippen LogP contribution is 2.24. The largest absolute Gasteiger partial charge is 0.325 e. The van der Waals surface area contributed by atoms with E-state index in [1.165, 1.54) is 11.8 Å². The molecule has 8 heteroatoms. The lowest BCUT2D eigenvalue weighted by atomic mass is 10.2. The molecule has 0 unspecified atom stereocenters. The molecule has 0 atom stereocenters. The van der Waals surface area contributed by atoms with Crippen molar-refractivity contribution in [1.82, 2.24) is 19.2 Å². The number of hydrogen-bond donors (Lipinski definition) is 1. The molecule has 0 aliphatic carbocycles. The Hall–Kier alpha value is -3.91. The Balaban J connectivity index is 1.57. The normalized spacial score (nSPS) is 11.2. The van der Waals surface area contributed by atoms with Crippen molar-refractivity contribution in [1.29, 1.82) is 0 Å². The van der Waals surface area contributed by atoms with Gasteiger partial charge in [0.2, 0.25) is 11.7 Å². The maximum atomic E-state index is 13.4. The number of carbonyl (C=O) groups is 1. The average molecular weight is 456 g/mol. The van der Waals surface area contributed by atoms with Gasteiger partial charge in [0.15, 0.2) is 5.16 Å². The Labute approximate surface area is 194 Å². The molecule has 0 bridgehead atoms. The number of aryl methyl sites for hydroxylation is 2. The molecular weight excluding hydrogens is 434 g/mol. The number of hydrogen-bond acceptors (Lipinski definition) is 5. The Morgan fingerprint density at radius 1 is 0.970 bits per heavy atom. The van der Waals surface area contributed by atoms with Gasteiger partial charge < -0.3 is 5.32 Å². The van der Waals surface area contributed by atoms with Gasteiger partial charge in [0.25, 0.3) is 5.56 Å². The van der Waals surface area contributed by atoms with E-state index in [4.69, 9.17) is 0 Å². The van der Waals surface area contributed by atoms with Gasteiger partial charge in [0.05, 0.1) is 22.3 Å². The Morgan fingerprint density at radius 3 is 2.58 bits per heavy atom. The number of nitrogens with one attached hydrogen (secondary N) is 1. The molecule has 33 heavy (non-hydrogen) atoms. The van der Waals surface area contributed by atoms with Gasteiger partial charge in [-0.25, -0.2) is 4.57 Å². The van der Waals surface area contributed by atoms with Crippen molar-refractivity contribution in [3.05, 3.63) is 94.3 Å². The fourth-order valence-corrected chi connectivity index (χ4v) is 4.59. The van der Waals surface area contributed by atoms with Gasteiger partial charge in [0, 0.05) is 5.69 Å². The summed E-state index contributed by atoms with van der Waals surface area (Å²) >= 11 is 1.28. The third kappa shape index (κ3) is 3.89. The van der Waals surface area contributed by atoms with E-state index >= 15 is 0 Å². The van der Waals surface area contributed by atoms with E-state index in [1.54, 1.807) is 10.6 Å². The first-order chi connectivity index (χ1) is 16.0. The fraction of sp³-hybridized carbons (Fsp3) is 0.120. The van der Waals surface area contributed by atoms with Crippen LogP contribution in [0.2, 0.25) is 0 Å². The lowest BCUT2D eigenvalue weighted by molar-refractivity contribution is -0.113. The maximum Gasteiger partial charge on any atom is 0.267 e. The first kappa shape index (κ1) is 21.0. The standard InChI is InChI=1S/C25H21N5O2S/c1-16-8-7-10-18(14-16)26-22(31)15-33-25-28-27-24-29(20-12-5-3-9-17(20)2)23(32)19-11-4-6-13-21(19)30(24)25/h3-14H,15H2,1-2H3,(H,26,31). The number of carbonyl (C=O) groups excluding carboxylic acids is 1. The number of benzene rings is 3. The summed E-state index contributed by atoms with van der Waals surface area (Å²) in [5, 5.41) is 12.7. The van der Waals surface area contributed by atoms with Crippen LogP contribution in [-0.2, 0) is 4.79 Å². The van der Waals surface area contributed by atoms with Gasteiger partial charge in [-0.05, 0) is 55.3 Å². The summed E-state index contributed by atoms with van der Waals surface area (Å²) in [6.45, 7) is 3.93. The summed E-state index contributed by atoms with van der Waals surface area (Å²) in [5.41, 5.74) is 4.07. The lowest BCUT2D eigenvalue weighted by Gasteiger charge is -2.13. The summed E-state index contributed by atoms with van der Waals surface area (Å²) in [6.07, 6.45) is 0. The van der Waals surface area contributed by atoms with Gasteiger partial charge in [-0.1, -0.05) is 54.2 Å². The molecule has 0 saturated carbocycles. The van der Waals surface area contributed by atoms with Gasteiger partial charge in [-0.2, -0.15) is 0 Å². The van der Waals surface area contributed by atoms with E-state index in [1.807, 2.05) is 85.0 Å². The second kappa shape index (κ2) is 8.55. The molecule has 0 fully saturated rings. The molecule has 3 aromatic carbocycles. The van der Waals surface area contributed by atoms with Crippen LogP contribution in [0.3, 0.4) is 0 Å². The molecular formula is C25H21N5O2S. The number of nitrogens with zero attached hydrogens (tertiary/aromatic N) is 4. The number of aromatic nitrogens is 4. The molecule has 164 valence electrons. The van der Waals surface area contributed by atoms with Gasteiger partial charge in [-0.15, -0.1) is 10.2 Å². The predicted molar refractivity (Wildman–Crippen MR) is 131 cm³/mol. The predicted octanol–water partition coefficient (Wildman–Crippen LogP) is 4.38. The number of para-hydroxylation sites is 2. The third-order valence-corrected chi connectivity index (χ3v) is 6.31. The lowest BCUT2D eigenvalue weighted by Crippen LogP contribution is -2.22. The Kier molecular flexibility index (Phi) is 5.43. The molecule has 7 nitrogen and oxygen atoms in total. The van der Waals surface area contributed by atoms with Crippen LogP contribution >= 0.6 is 11.8 Å². The van der Waals surface area contributed by atoms with Crippen LogP contribution in [-0.4, -0.2) is 30.8 Å². The van der Waals surface area contributed by atoms with Crippen molar-refractivity contribution in [2.75, 3.05) is 11.1 Å². The monoisotopic (exact) mass is 455 g/mol. The van der Waals surface area contributed by atoms with Gasteiger partial charge >= 0.3 is 0 Å². The fourth-order valence-electron chi connectivity index (χ4n) is 3.85. The van der Waals surface area contributed by atoms with Crippen molar-refractivity contribution in [3.8, 4) is 5.69 Å². The Morgan fingerprint density at radius 2 is 1.76 bits per heavy atom. The zero-order valence-corrected chi connectivity index (χ0v) is 19.0. The quantitative estimate of drug-likeness (QED) is 0.398. The number of fused-ring (bicyclic) bond motifs is 3. The molecule has 2 aromatic heterocycles. The highest BCUT2D eigenvalue weighted by atomic mass is 32.2. The summed E-state index contributed by atoms with van der Waals surface area (Å²) in [7, 11) is 0. The van der Waals surface area contributed by atoms with Crippen molar-refractivity contribution < 1.29 is 4.79 Å². The molecule has 0 aliphatic heterocycles. The highest BCUT2D eigenvalue weighted by Gasteiger charge is 2.19. The molecule has 0 aliphatic rings. The third-order valence-electron chi connectivity index (χ3n) is 5.39. The topological polar surface area (TPSA) is 81.3 Å². The van der Waals surface area contributed by atoms with E-state index < -0.39 is 0 Å². The van der Waals surface area contributed by atoms with Crippen molar-refractivity contribution in [2.24, 2.45) is 0 Å². The van der Waals surface area contributed by atoms with Crippen LogP contribution < -0.4 is 10.9 Å². The van der Waals surface area contributed by atoms with Crippen LogP contribution in [0.5, 0.6) is 0 Å². The van der Waals surface area contributed by atoms with Crippen molar-refractivity contribution in [2.45, 2.75) is 19.0 Å². The van der Waals surface area contributed by atoms with E-state index in [0.29, 0.717) is 21.8 Å². The summed E-state index contributed by atoms with van der Waals surface area (Å²) in [4.78, 5) is 26.0. The minimum Gasteiger partial charge on any atom is -0.325 e. The number of anilines is 1. The van der Waals surface area contributed by atoms with Crippen LogP contribution in [0, 0.1) is 13.8 Å². The average Bonchev–Trinajstić information content (AvgIpc) is 3.23. The maximum absolute atomic E-state index is 13.4. The van der Waals surface area contributed by atoms with Crippen LogP contribution in [0.25, 0.3) is 22.4 Å². The molecule has 5 aromatic rings. The molecule has 0 spiro atoms. The summed E-state index contributed by atoms with van der Waals surface area (Å²) in [5.74, 6) is 0.431. The second-order valence-electron chi connectivity index (χ2n) is 7.77. The first-order valence-corrected chi connectivity index (χ1v) is 11.5. The van der Waals surface area contributed by atoms with Crippen molar-refractivity contribution >= 4 is 40.0 Å². The second-order valence-corrected chi connectivity index (χ2v) is 8.71. The molecule has 0 saturated heterocycles. The van der Waals surface area contributed by atoms with Crippen LogP contribution in [0.1, 0.15) is 11.1 Å². The van der Waals surface area contributed by atoms with Gasteiger partial charge in [0.1, 0.15) is 0 Å². The number of amides is 1. The van der Waals surface area contributed by atoms with E-state index in [9.17, 15) is 9.59 Å². The molecule has 2 heterocycles. The van der Waals surface area contributed by atoms with E-state index in [0.717, 1.165) is 22.5 Å². The van der Waals surface area contributed by atoms with E-state index in [2.05, 4.69) is 15.5 Å². The minimum atomic E-state index is -0.159. The summed E-state index contributed by atoms with van der Waals surface area (Å²) in [6, 6.07) is 22.7. The molecule has 1 N–H and O–H groups in total. The van der Waals surface area contributed by atoms with Crippen molar-refractivity contribution in [3.63, 3.8) is 0 Å².